The molecule has 40 heavy (non-hydrogen) atoms. The van der Waals surface area contributed by atoms with Crippen molar-refractivity contribution in [1.29, 1.82) is 0 Å². The van der Waals surface area contributed by atoms with Crippen molar-refractivity contribution in [2.24, 2.45) is 5.92 Å². The first kappa shape index (κ1) is 27.2. The molecule has 1 atom stereocenters. The first-order valence-corrected chi connectivity index (χ1v) is 13.8. The highest BCUT2D eigenvalue weighted by molar-refractivity contribution is 6.08. The van der Waals surface area contributed by atoms with Gasteiger partial charge in [0.25, 0.3) is 17.4 Å². The van der Waals surface area contributed by atoms with Gasteiger partial charge in [-0.3, -0.25) is 14.4 Å². The summed E-state index contributed by atoms with van der Waals surface area (Å²) in [7, 11) is 1.51. The molecule has 5 rings (SSSR count). The lowest BCUT2D eigenvalue weighted by Crippen LogP contribution is -2.40. The lowest BCUT2D eigenvalue weighted by atomic mass is 9.89. The second-order valence-corrected chi connectivity index (χ2v) is 10.6. The topological polar surface area (TPSA) is 96.4 Å². The Kier molecular flexibility index (Phi) is 7.78. The number of ether oxygens (including phenoxy) is 1. The number of para-hydroxylation sites is 1. The van der Waals surface area contributed by atoms with Crippen LogP contribution in [0, 0.1) is 19.8 Å². The average Bonchev–Trinajstić information content (AvgIpc) is 3.27. The van der Waals surface area contributed by atoms with Crippen LogP contribution >= 0.6 is 0 Å². The van der Waals surface area contributed by atoms with Crippen LogP contribution in [0.3, 0.4) is 0 Å². The minimum atomic E-state index is -0.276. The summed E-state index contributed by atoms with van der Waals surface area (Å²) in [6.07, 6.45) is 1.78. The number of rotatable bonds is 7. The van der Waals surface area contributed by atoms with E-state index in [0.717, 1.165) is 35.0 Å². The van der Waals surface area contributed by atoms with E-state index in [1.54, 1.807) is 13.0 Å². The van der Waals surface area contributed by atoms with Gasteiger partial charge in [0.05, 0.1) is 24.8 Å². The van der Waals surface area contributed by atoms with Crippen LogP contribution in [0.2, 0.25) is 0 Å². The number of piperidine rings is 1. The summed E-state index contributed by atoms with van der Waals surface area (Å²) in [5, 5.41) is 3.83. The van der Waals surface area contributed by atoms with E-state index in [4.69, 9.17) is 4.74 Å². The summed E-state index contributed by atoms with van der Waals surface area (Å²) >= 11 is 0. The van der Waals surface area contributed by atoms with Gasteiger partial charge in [-0.1, -0.05) is 36.4 Å². The number of nitrogens with zero attached hydrogens (tertiary/aromatic N) is 2. The van der Waals surface area contributed by atoms with Crippen molar-refractivity contribution in [1.82, 2.24) is 19.8 Å². The molecule has 2 aromatic heterocycles. The van der Waals surface area contributed by atoms with E-state index >= 15 is 0 Å². The van der Waals surface area contributed by atoms with Crippen LogP contribution in [-0.2, 0) is 6.54 Å². The number of amides is 2. The Bertz CT molecular complexity index is 1600. The molecule has 0 aliphatic carbocycles. The number of nitrogens with one attached hydrogen (secondary N) is 2. The number of aryl methyl sites for hydroxylation is 1. The number of carbonyl (C=O) groups is 2. The van der Waals surface area contributed by atoms with Crippen LogP contribution in [0.15, 0.2) is 65.5 Å². The van der Waals surface area contributed by atoms with E-state index in [1.165, 1.54) is 7.11 Å². The third-order valence-corrected chi connectivity index (χ3v) is 8.20. The molecule has 2 amide bonds. The summed E-state index contributed by atoms with van der Waals surface area (Å²) in [6.45, 7) is 7.45. The Hall–Kier alpha value is -4.33. The van der Waals surface area contributed by atoms with Gasteiger partial charge in [0.1, 0.15) is 5.75 Å². The molecule has 4 aromatic rings. The molecule has 1 aliphatic rings. The summed E-state index contributed by atoms with van der Waals surface area (Å²) < 4.78 is 7.66. The van der Waals surface area contributed by atoms with Gasteiger partial charge in [-0.05, 0) is 63.8 Å². The first-order valence-electron chi connectivity index (χ1n) is 13.8. The highest BCUT2D eigenvalue weighted by Gasteiger charge is 2.30. The molecular formula is C32H36N4O4. The van der Waals surface area contributed by atoms with Crippen molar-refractivity contribution in [3.8, 4) is 5.75 Å². The number of H-pyrrole nitrogens is 1. The van der Waals surface area contributed by atoms with Crippen LogP contribution in [0.5, 0.6) is 5.75 Å². The fourth-order valence-corrected chi connectivity index (χ4v) is 6.05. The van der Waals surface area contributed by atoms with Crippen LogP contribution < -0.4 is 15.6 Å². The molecule has 0 bridgehead atoms. The van der Waals surface area contributed by atoms with E-state index in [-0.39, 0.29) is 30.0 Å². The van der Waals surface area contributed by atoms with Crippen molar-refractivity contribution in [3.05, 3.63) is 99.1 Å². The minimum Gasteiger partial charge on any atom is -0.496 e. The van der Waals surface area contributed by atoms with E-state index in [2.05, 4.69) is 27.9 Å². The fourth-order valence-electron chi connectivity index (χ4n) is 6.05. The molecule has 2 N–H and O–H groups in total. The van der Waals surface area contributed by atoms with Crippen molar-refractivity contribution in [3.63, 3.8) is 0 Å². The Labute approximate surface area is 234 Å². The van der Waals surface area contributed by atoms with Gasteiger partial charge in [-0.2, -0.15) is 0 Å². The second kappa shape index (κ2) is 11.4. The Balaban J connectivity index is 1.36. The molecule has 8 heteroatoms. The summed E-state index contributed by atoms with van der Waals surface area (Å²) in [4.78, 5) is 43.8. The SMILES string of the molecule is COc1cc(C)[nH]c(=O)c1CNC(=O)c1c(C)n([C@H](C)C2CCN(C(=O)c3ccccc3)CC2)c2ccccc12. The molecule has 0 unspecified atom stereocenters. The third kappa shape index (κ3) is 5.13. The molecule has 1 aliphatic heterocycles. The number of benzene rings is 2. The third-order valence-electron chi connectivity index (χ3n) is 8.20. The molecule has 0 saturated carbocycles. The van der Waals surface area contributed by atoms with Crippen molar-refractivity contribution in [2.45, 2.75) is 46.2 Å². The number of fused-ring (bicyclic) bond motifs is 1. The van der Waals surface area contributed by atoms with E-state index in [9.17, 15) is 14.4 Å². The molecular weight excluding hydrogens is 504 g/mol. The number of methoxy groups -OCH3 is 1. The quantitative estimate of drug-likeness (QED) is 0.345. The lowest BCUT2D eigenvalue weighted by Gasteiger charge is -2.36. The van der Waals surface area contributed by atoms with Crippen LogP contribution in [0.25, 0.3) is 10.9 Å². The lowest BCUT2D eigenvalue weighted by molar-refractivity contribution is 0.0666. The number of carbonyl (C=O) groups excluding carboxylic acids is 2. The largest absolute Gasteiger partial charge is 0.496 e. The molecule has 2 aromatic carbocycles. The summed E-state index contributed by atoms with van der Waals surface area (Å²) in [5.41, 5.74) is 4.03. The number of likely N-dealkylation sites (tertiary alicyclic amines) is 1. The first-order chi connectivity index (χ1) is 19.3. The number of aromatic nitrogens is 2. The maximum Gasteiger partial charge on any atom is 0.256 e. The van der Waals surface area contributed by atoms with E-state index in [0.29, 0.717) is 41.6 Å². The highest BCUT2D eigenvalue weighted by Crippen LogP contribution is 2.36. The summed E-state index contributed by atoms with van der Waals surface area (Å²) in [5.74, 6) is 0.661. The number of hydrogen-bond acceptors (Lipinski definition) is 4. The van der Waals surface area contributed by atoms with E-state index in [1.807, 2.05) is 60.4 Å². The van der Waals surface area contributed by atoms with Crippen LogP contribution in [0.4, 0.5) is 0 Å². The number of aromatic amines is 1. The zero-order valence-corrected chi connectivity index (χ0v) is 23.5. The number of hydrogen-bond donors (Lipinski definition) is 2. The zero-order valence-electron chi connectivity index (χ0n) is 23.5. The Morgan fingerprint density at radius 1 is 1.05 bits per heavy atom. The van der Waals surface area contributed by atoms with Crippen LogP contribution in [-0.4, -0.2) is 46.5 Å². The number of pyridine rings is 1. The van der Waals surface area contributed by atoms with Gasteiger partial charge in [0, 0.05) is 47.0 Å². The van der Waals surface area contributed by atoms with Gasteiger partial charge < -0.3 is 24.5 Å². The maximum absolute atomic E-state index is 13.6. The Morgan fingerprint density at radius 2 is 1.73 bits per heavy atom. The fraction of sp³-hybridized carbons (Fsp3) is 0.344. The van der Waals surface area contributed by atoms with Gasteiger partial charge in [0.2, 0.25) is 0 Å². The summed E-state index contributed by atoms with van der Waals surface area (Å²) in [6, 6.07) is 19.3. The normalized spacial score (nSPS) is 14.8. The molecule has 8 nitrogen and oxygen atoms in total. The monoisotopic (exact) mass is 540 g/mol. The second-order valence-electron chi connectivity index (χ2n) is 10.6. The van der Waals surface area contributed by atoms with Crippen molar-refractivity contribution in [2.75, 3.05) is 20.2 Å². The highest BCUT2D eigenvalue weighted by atomic mass is 16.5. The van der Waals surface area contributed by atoms with Crippen LogP contribution in [0.1, 0.15) is 63.5 Å². The van der Waals surface area contributed by atoms with E-state index < -0.39 is 0 Å². The van der Waals surface area contributed by atoms with Gasteiger partial charge in [-0.15, -0.1) is 0 Å². The molecule has 1 fully saturated rings. The molecule has 0 spiro atoms. The zero-order chi connectivity index (χ0) is 28.4. The van der Waals surface area contributed by atoms with Gasteiger partial charge in [-0.25, -0.2) is 0 Å². The molecule has 0 radical (unpaired) electrons. The molecule has 3 heterocycles. The molecule has 208 valence electrons. The van der Waals surface area contributed by atoms with Gasteiger partial charge in [0.15, 0.2) is 0 Å². The van der Waals surface area contributed by atoms with Gasteiger partial charge >= 0.3 is 0 Å². The average molecular weight is 541 g/mol. The predicted molar refractivity (Wildman–Crippen MR) is 156 cm³/mol. The minimum absolute atomic E-state index is 0.0556. The molecule has 1 saturated heterocycles. The maximum atomic E-state index is 13.6. The standard InChI is InChI=1S/C32H36N4O4/c1-20-18-28(40-4)26(30(37)34-20)19-33-31(38)29-22(3)36(27-13-9-8-12-25(27)29)21(2)23-14-16-35(17-15-23)32(39)24-10-6-5-7-11-24/h5-13,18,21,23H,14-17,19H2,1-4H3,(H,33,38)(H,34,37)/t21-/m1/s1. The van der Waals surface area contributed by atoms with Crippen molar-refractivity contribution >= 4 is 22.7 Å². The van der Waals surface area contributed by atoms with Crippen molar-refractivity contribution < 1.29 is 14.3 Å². The smallest absolute Gasteiger partial charge is 0.256 e. The predicted octanol–water partition coefficient (Wildman–Crippen LogP) is 5.00. The Morgan fingerprint density at radius 3 is 2.42 bits per heavy atom.